The van der Waals surface area contributed by atoms with Crippen LogP contribution in [-0.4, -0.2) is 51.1 Å². The lowest BCUT2D eigenvalue weighted by Crippen LogP contribution is -2.36. The average Bonchev–Trinajstić information content (AvgIpc) is 3.40. The zero-order valence-electron chi connectivity index (χ0n) is 15.9. The van der Waals surface area contributed by atoms with Gasteiger partial charge in [0.15, 0.2) is 0 Å². The Labute approximate surface area is 160 Å². The van der Waals surface area contributed by atoms with E-state index in [0.717, 1.165) is 38.2 Å². The number of aliphatic hydroxyl groups is 1. The molecular weight excluding hydrogens is 340 g/mol. The van der Waals surface area contributed by atoms with Crippen molar-refractivity contribution >= 4 is 0 Å². The van der Waals surface area contributed by atoms with E-state index in [9.17, 15) is 5.11 Å². The Kier molecular flexibility index (Phi) is 4.40. The zero-order valence-corrected chi connectivity index (χ0v) is 15.9. The molecule has 0 bridgehead atoms. The summed E-state index contributed by atoms with van der Waals surface area (Å²) in [6.45, 7) is 3.09. The molecule has 0 amide bonds. The van der Waals surface area contributed by atoms with Gasteiger partial charge in [0.2, 0.25) is 0 Å². The Bertz CT molecular complexity index is 807. The van der Waals surface area contributed by atoms with E-state index in [0.29, 0.717) is 11.8 Å². The van der Waals surface area contributed by atoms with Gasteiger partial charge in [-0.05, 0) is 61.1 Å². The van der Waals surface area contributed by atoms with Gasteiger partial charge < -0.3 is 9.84 Å². The molecule has 1 aromatic heterocycles. The highest BCUT2D eigenvalue weighted by Gasteiger charge is 2.42. The minimum absolute atomic E-state index is 0.0585. The lowest BCUT2D eigenvalue weighted by molar-refractivity contribution is 0.0304. The first-order chi connectivity index (χ1) is 13.2. The lowest BCUT2D eigenvalue weighted by atomic mass is 9.77. The SMILES string of the molecule is COc1cc2c(cc1CN1C[C@H]3C[C@@H](n4cncn4)[C@H](O)C[C@H]3C1)CCC2. The number of nitrogens with zero attached hydrogens (tertiary/aromatic N) is 4. The van der Waals surface area contributed by atoms with Gasteiger partial charge in [0.1, 0.15) is 18.4 Å². The van der Waals surface area contributed by atoms with Gasteiger partial charge in [0, 0.05) is 25.2 Å². The van der Waals surface area contributed by atoms with Crippen LogP contribution in [0.3, 0.4) is 0 Å². The summed E-state index contributed by atoms with van der Waals surface area (Å²) in [6, 6.07) is 4.69. The normalized spacial score (nSPS) is 30.3. The van der Waals surface area contributed by atoms with Crippen LogP contribution in [0.5, 0.6) is 5.75 Å². The predicted molar refractivity (Wildman–Crippen MR) is 102 cm³/mol. The van der Waals surface area contributed by atoms with Gasteiger partial charge in [0.25, 0.3) is 0 Å². The van der Waals surface area contributed by atoms with Gasteiger partial charge in [-0.2, -0.15) is 5.10 Å². The van der Waals surface area contributed by atoms with E-state index < -0.39 is 0 Å². The van der Waals surface area contributed by atoms with Crippen LogP contribution >= 0.6 is 0 Å². The molecule has 1 saturated carbocycles. The number of likely N-dealkylation sites (tertiary alicyclic amines) is 1. The monoisotopic (exact) mass is 368 g/mol. The third-order valence-electron chi connectivity index (χ3n) is 6.85. The molecule has 2 aromatic rings. The Balaban J connectivity index is 1.30. The third kappa shape index (κ3) is 3.15. The molecular formula is C21H28N4O2. The average molecular weight is 368 g/mol. The van der Waals surface area contributed by atoms with Crippen LogP contribution in [0, 0.1) is 11.8 Å². The zero-order chi connectivity index (χ0) is 18.4. The first-order valence-electron chi connectivity index (χ1n) is 10.1. The van der Waals surface area contributed by atoms with Crippen LogP contribution in [-0.2, 0) is 19.4 Å². The molecule has 2 aliphatic carbocycles. The van der Waals surface area contributed by atoms with Gasteiger partial charge in [0.05, 0.1) is 19.3 Å². The summed E-state index contributed by atoms with van der Waals surface area (Å²) in [7, 11) is 1.78. The van der Waals surface area contributed by atoms with E-state index >= 15 is 0 Å². The van der Waals surface area contributed by atoms with Crippen molar-refractivity contribution in [1.82, 2.24) is 19.7 Å². The molecule has 1 saturated heterocycles. The first-order valence-corrected chi connectivity index (χ1v) is 10.1. The van der Waals surface area contributed by atoms with E-state index in [1.165, 1.54) is 36.0 Å². The minimum atomic E-state index is -0.331. The van der Waals surface area contributed by atoms with Crippen LogP contribution in [0.1, 0.15) is 42.0 Å². The molecule has 4 atom stereocenters. The number of aliphatic hydroxyl groups excluding tert-OH is 1. The molecule has 0 radical (unpaired) electrons. The summed E-state index contributed by atoms with van der Waals surface area (Å²) < 4.78 is 7.54. The lowest BCUT2D eigenvalue weighted by Gasteiger charge is -2.35. The Morgan fingerprint density at radius 3 is 2.67 bits per heavy atom. The number of benzene rings is 1. The Hall–Kier alpha value is -1.92. The first kappa shape index (κ1) is 17.2. The molecule has 1 N–H and O–H groups in total. The molecule has 144 valence electrons. The standard InChI is InChI=1S/C21H28N4O2/c1-27-21-8-15-4-2-3-14(15)5-18(21)11-24-9-16-6-19(25-13-22-12-23-25)20(26)7-17(16)10-24/h5,8,12-13,16-17,19-20,26H,2-4,6-7,9-11H2,1H3/t16-,17+,19-,20-/m1/s1. The summed E-state index contributed by atoms with van der Waals surface area (Å²) in [4.78, 5) is 6.60. The van der Waals surface area contributed by atoms with Gasteiger partial charge in [-0.25, -0.2) is 9.67 Å². The van der Waals surface area contributed by atoms with E-state index in [-0.39, 0.29) is 12.1 Å². The maximum absolute atomic E-state index is 10.6. The molecule has 0 spiro atoms. The predicted octanol–water partition coefficient (Wildman–Crippen LogP) is 2.22. The van der Waals surface area contributed by atoms with Crippen molar-refractivity contribution in [1.29, 1.82) is 0 Å². The maximum Gasteiger partial charge on any atom is 0.137 e. The van der Waals surface area contributed by atoms with Crippen LogP contribution in [0.4, 0.5) is 0 Å². The fourth-order valence-corrected chi connectivity index (χ4v) is 5.51. The largest absolute Gasteiger partial charge is 0.496 e. The van der Waals surface area contributed by atoms with Crippen LogP contribution in [0.25, 0.3) is 0 Å². The van der Waals surface area contributed by atoms with Gasteiger partial charge in [-0.1, -0.05) is 6.07 Å². The highest BCUT2D eigenvalue weighted by Crippen LogP contribution is 2.42. The molecule has 2 heterocycles. The fraction of sp³-hybridized carbons (Fsp3) is 0.619. The minimum Gasteiger partial charge on any atom is -0.496 e. The summed E-state index contributed by atoms with van der Waals surface area (Å²) in [5.41, 5.74) is 4.28. The van der Waals surface area contributed by atoms with Crippen molar-refractivity contribution in [3.8, 4) is 5.75 Å². The van der Waals surface area contributed by atoms with Crippen LogP contribution in [0.2, 0.25) is 0 Å². The fourth-order valence-electron chi connectivity index (χ4n) is 5.51. The Morgan fingerprint density at radius 1 is 1.15 bits per heavy atom. The van der Waals surface area contributed by atoms with Crippen molar-refractivity contribution in [2.75, 3.05) is 20.2 Å². The summed E-state index contributed by atoms with van der Waals surface area (Å²) in [5.74, 6) is 2.22. The highest BCUT2D eigenvalue weighted by molar-refractivity contribution is 5.44. The number of aromatic nitrogens is 3. The summed E-state index contributed by atoms with van der Waals surface area (Å²) in [6.07, 6.45) is 8.43. The van der Waals surface area contributed by atoms with Crippen LogP contribution in [0.15, 0.2) is 24.8 Å². The number of hydrogen-bond acceptors (Lipinski definition) is 5. The second-order valence-corrected chi connectivity index (χ2v) is 8.48. The number of fused-ring (bicyclic) bond motifs is 2. The topological polar surface area (TPSA) is 63.4 Å². The highest BCUT2D eigenvalue weighted by atomic mass is 16.5. The van der Waals surface area contributed by atoms with Crippen molar-refractivity contribution in [3.05, 3.63) is 41.5 Å². The van der Waals surface area contributed by atoms with Crippen molar-refractivity contribution in [3.63, 3.8) is 0 Å². The second kappa shape index (κ2) is 6.91. The van der Waals surface area contributed by atoms with Gasteiger partial charge in [-0.3, -0.25) is 4.90 Å². The maximum atomic E-state index is 10.6. The van der Waals surface area contributed by atoms with Crippen molar-refractivity contribution in [2.45, 2.75) is 50.8 Å². The number of rotatable bonds is 4. The smallest absolute Gasteiger partial charge is 0.137 e. The van der Waals surface area contributed by atoms with Crippen molar-refractivity contribution in [2.24, 2.45) is 11.8 Å². The molecule has 6 heteroatoms. The molecule has 2 fully saturated rings. The molecule has 27 heavy (non-hydrogen) atoms. The molecule has 1 aromatic carbocycles. The molecule has 3 aliphatic rings. The molecule has 5 rings (SSSR count). The molecule has 0 unspecified atom stereocenters. The number of aryl methyl sites for hydroxylation is 2. The Morgan fingerprint density at radius 2 is 1.93 bits per heavy atom. The summed E-state index contributed by atoms with van der Waals surface area (Å²) >= 11 is 0. The van der Waals surface area contributed by atoms with E-state index in [1.54, 1.807) is 19.8 Å². The molecule has 1 aliphatic heterocycles. The number of hydrogen-bond donors (Lipinski definition) is 1. The summed E-state index contributed by atoms with van der Waals surface area (Å²) in [5, 5.41) is 14.9. The number of methoxy groups -OCH3 is 1. The third-order valence-corrected chi connectivity index (χ3v) is 6.85. The van der Waals surface area contributed by atoms with E-state index in [1.807, 2.05) is 4.68 Å². The second-order valence-electron chi connectivity index (χ2n) is 8.48. The quantitative estimate of drug-likeness (QED) is 0.897. The van der Waals surface area contributed by atoms with Crippen LogP contribution < -0.4 is 4.74 Å². The van der Waals surface area contributed by atoms with E-state index in [2.05, 4.69) is 27.1 Å². The van der Waals surface area contributed by atoms with E-state index in [4.69, 9.17) is 4.74 Å². The van der Waals surface area contributed by atoms with Crippen molar-refractivity contribution < 1.29 is 9.84 Å². The van der Waals surface area contributed by atoms with Gasteiger partial charge in [-0.15, -0.1) is 0 Å². The number of ether oxygens (including phenoxy) is 1. The van der Waals surface area contributed by atoms with Gasteiger partial charge >= 0.3 is 0 Å². The molecule has 6 nitrogen and oxygen atoms in total.